The molecule has 0 atom stereocenters. The number of anilines is 2. The van der Waals surface area contributed by atoms with E-state index in [4.69, 9.17) is 4.42 Å². The van der Waals surface area contributed by atoms with Gasteiger partial charge in [-0.15, -0.1) is 59.7 Å². The van der Waals surface area contributed by atoms with Crippen molar-refractivity contribution >= 4 is 33.3 Å². The van der Waals surface area contributed by atoms with Crippen LogP contribution in [0.2, 0.25) is 0 Å². The number of benzene rings is 5. The monoisotopic (exact) mass is 770 g/mol. The summed E-state index contributed by atoms with van der Waals surface area (Å²) in [5.74, 6) is 0. The third-order valence-electron chi connectivity index (χ3n) is 8.23. The summed E-state index contributed by atoms with van der Waals surface area (Å²) in [6.45, 7) is 2.19. The molecule has 0 fully saturated rings. The van der Waals surface area contributed by atoms with Crippen molar-refractivity contribution < 1.29 is 24.5 Å². The summed E-state index contributed by atoms with van der Waals surface area (Å²) in [7, 11) is 0. The van der Waals surface area contributed by atoms with E-state index in [0.717, 1.165) is 67.0 Å². The van der Waals surface area contributed by atoms with Crippen LogP contribution in [0.1, 0.15) is 5.56 Å². The van der Waals surface area contributed by atoms with Crippen LogP contribution in [0.4, 0.5) is 11.4 Å². The largest absolute Gasteiger partial charge is 0.455 e. The van der Waals surface area contributed by atoms with Gasteiger partial charge in [0.15, 0.2) is 0 Å². The average molecular weight is 770 g/mol. The second kappa shape index (κ2) is 12.6. The van der Waals surface area contributed by atoms with Gasteiger partial charge < -0.3 is 19.7 Å². The standard InChI is InChI=1S/C30H19N2O.C11H8N.Ir/c1-18-22-17-23-21-9-3-5-12-28(21)33-30(23)29(18)24-16-19(25-10-6-7-15-31-25)13-14-27(24)32-26-11-4-2-8-20(22)26;1-2-6-10(7-3-1)11-8-4-5-9-12-11;/h2-12,14-17,32H,1H3;1-6,8-9H;/q2*-1;. The van der Waals surface area contributed by atoms with Crippen LogP contribution in [-0.4, -0.2) is 9.97 Å². The minimum absolute atomic E-state index is 0. The van der Waals surface area contributed by atoms with Crippen LogP contribution in [0.15, 0.2) is 144 Å². The molecule has 4 heterocycles. The van der Waals surface area contributed by atoms with E-state index >= 15 is 0 Å². The summed E-state index contributed by atoms with van der Waals surface area (Å²) in [6, 6.07) is 49.4. The quantitative estimate of drug-likeness (QED) is 0.178. The summed E-state index contributed by atoms with van der Waals surface area (Å²) in [5, 5.41) is 5.94. The first-order valence-corrected chi connectivity index (χ1v) is 14.9. The van der Waals surface area contributed by atoms with Gasteiger partial charge in [-0.2, -0.15) is 0 Å². The zero-order valence-electron chi connectivity index (χ0n) is 24.9. The van der Waals surface area contributed by atoms with Gasteiger partial charge in [-0.1, -0.05) is 66.2 Å². The van der Waals surface area contributed by atoms with Crippen molar-refractivity contribution in [1.29, 1.82) is 0 Å². The molecule has 46 heavy (non-hydrogen) atoms. The number of nitrogens with one attached hydrogen (secondary N) is 1. The van der Waals surface area contributed by atoms with Gasteiger partial charge in [0.05, 0.1) is 0 Å². The Kier molecular flexibility index (Phi) is 8.02. The number of hydrogen-bond acceptors (Lipinski definition) is 4. The van der Waals surface area contributed by atoms with Crippen molar-refractivity contribution in [1.82, 2.24) is 9.97 Å². The molecule has 0 spiro atoms. The van der Waals surface area contributed by atoms with E-state index in [1.54, 1.807) is 6.20 Å². The van der Waals surface area contributed by atoms with Crippen LogP contribution in [0.3, 0.4) is 0 Å². The van der Waals surface area contributed by atoms with Crippen LogP contribution >= 0.6 is 0 Å². The Labute approximate surface area is 281 Å². The first-order chi connectivity index (χ1) is 22.2. The van der Waals surface area contributed by atoms with Crippen molar-refractivity contribution in [3.63, 3.8) is 0 Å². The van der Waals surface area contributed by atoms with E-state index < -0.39 is 0 Å². The molecule has 1 N–H and O–H groups in total. The van der Waals surface area contributed by atoms with Crippen LogP contribution in [-0.2, 0) is 20.1 Å². The first kappa shape index (κ1) is 29.4. The van der Waals surface area contributed by atoms with Gasteiger partial charge in [0.2, 0.25) is 0 Å². The van der Waals surface area contributed by atoms with Crippen LogP contribution in [0, 0.1) is 19.1 Å². The molecule has 5 aromatic carbocycles. The van der Waals surface area contributed by atoms with Crippen LogP contribution in [0.5, 0.6) is 0 Å². The molecule has 1 aliphatic heterocycles. The second-order valence-electron chi connectivity index (χ2n) is 10.9. The fourth-order valence-corrected chi connectivity index (χ4v) is 6.07. The minimum Gasteiger partial charge on any atom is -0.455 e. The number of para-hydroxylation sites is 2. The molecular weight excluding hydrogens is 743 g/mol. The molecular formula is C41H27IrN3O-2. The fourth-order valence-electron chi connectivity index (χ4n) is 6.07. The molecule has 223 valence electrons. The zero-order chi connectivity index (χ0) is 30.2. The predicted molar refractivity (Wildman–Crippen MR) is 183 cm³/mol. The van der Waals surface area contributed by atoms with E-state index in [1.807, 2.05) is 85.1 Å². The molecule has 0 unspecified atom stereocenters. The number of nitrogens with zero attached hydrogens (tertiary/aromatic N) is 2. The maximum atomic E-state index is 6.48. The molecule has 3 aromatic heterocycles. The SMILES string of the molecule is Cc1c2cc3c(oc4ccccc43)c1-c1cc(-c3ccccn3)[c-]cc1Nc1ccccc1-2.[Ir].[c-]1ccccc1-c1ccccn1. The number of hydrogen-bond donors (Lipinski definition) is 1. The smallest absolute Gasteiger partial charge is 0.142 e. The Morgan fingerprint density at radius 1 is 0.609 bits per heavy atom. The van der Waals surface area contributed by atoms with Gasteiger partial charge in [-0.3, -0.25) is 0 Å². The zero-order valence-corrected chi connectivity index (χ0v) is 27.3. The Morgan fingerprint density at radius 2 is 1.33 bits per heavy atom. The third-order valence-corrected chi connectivity index (χ3v) is 8.23. The van der Waals surface area contributed by atoms with Crippen molar-refractivity contribution in [2.45, 2.75) is 6.92 Å². The Hall–Kier alpha value is -5.35. The van der Waals surface area contributed by atoms with Crippen molar-refractivity contribution in [3.8, 4) is 44.8 Å². The molecule has 8 aromatic rings. The van der Waals surface area contributed by atoms with Gasteiger partial charge in [-0.25, -0.2) is 0 Å². The first-order valence-electron chi connectivity index (χ1n) is 14.9. The Morgan fingerprint density at radius 3 is 2.09 bits per heavy atom. The number of rotatable bonds is 2. The number of furan rings is 1. The van der Waals surface area contributed by atoms with E-state index in [1.165, 1.54) is 16.7 Å². The van der Waals surface area contributed by atoms with Gasteiger partial charge in [0.25, 0.3) is 0 Å². The normalized spacial score (nSPS) is 11.2. The van der Waals surface area contributed by atoms with Gasteiger partial charge in [0.1, 0.15) is 11.2 Å². The van der Waals surface area contributed by atoms with Crippen molar-refractivity contribution in [2.24, 2.45) is 0 Å². The molecule has 0 saturated carbocycles. The Bertz CT molecular complexity index is 2260. The topological polar surface area (TPSA) is 51.0 Å². The summed E-state index contributed by atoms with van der Waals surface area (Å²) >= 11 is 0. The van der Waals surface area contributed by atoms with Gasteiger partial charge >= 0.3 is 0 Å². The number of aromatic nitrogens is 2. The second-order valence-corrected chi connectivity index (χ2v) is 10.9. The molecule has 0 saturated heterocycles. The summed E-state index contributed by atoms with van der Waals surface area (Å²) in [4.78, 5) is 8.77. The van der Waals surface area contributed by atoms with E-state index in [0.29, 0.717) is 0 Å². The summed E-state index contributed by atoms with van der Waals surface area (Å²) in [5.41, 5.74) is 13.6. The van der Waals surface area contributed by atoms with Crippen molar-refractivity contribution in [2.75, 3.05) is 5.32 Å². The van der Waals surface area contributed by atoms with Crippen LogP contribution < -0.4 is 5.32 Å². The van der Waals surface area contributed by atoms with E-state index in [2.05, 4.69) is 82.9 Å². The fraction of sp³-hybridized carbons (Fsp3) is 0.0244. The molecule has 2 bridgehead atoms. The molecule has 4 nitrogen and oxygen atoms in total. The van der Waals surface area contributed by atoms with E-state index in [9.17, 15) is 0 Å². The molecule has 1 aliphatic rings. The van der Waals surface area contributed by atoms with Gasteiger partial charge in [0, 0.05) is 60.1 Å². The maximum absolute atomic E-state index is 6.48. The molecule has 0 aliphatic carbocycles. The van der Waals surface area contributed by atoms with Crippen LogP contribution in [0.25, 0.3) is 66.7 Å². The van der Waals surface area contributed by atoms with Crippen molar-refractivity contribution in [3.05, 3.63) is 157 Å². The minimum atomic E-state index is 0. The number of pyridine rings is 2. The number of fused-ring (bicyclic) bond motifs is 10. The summed E-state index contributed by atoms with van der Waals surface area (Å²) < 4.78 is 6.48. The maximum Gasteiger partial charge on any atom is 0.142 e. The Balaban J connectivity index is 0.000000220. The molecule has 9 rings (SSSR count). The van der Waals surface area contributed by atoms with E-state index in [-0.39, 0.29) is 20.1 Å². The average Bonchev–Trinajstić information content (AvgIpc) is 3.48. The van der Waals surface area contributed by atoms with Gasteiger partial charge in [-0.05, 0) is 65.5 Å². The predicted octanol–water partition coefficient (Wildman–Crippen LogP) is 10.7. The summed E-state index contributed by atoms with van der Waals surface area (Å²) in [6.07, 6.45) is 3.61. The molecule has 1 radical (unpaired) electrons. The molecule has 0 amide bonds. The third kappa shape index (κ3) is 5.30. The molecule has 5 heteroatoms.